The van der Waals surface area contributed by atoms with Gasteiger partial charge in [-0.3, -0.25) is 9.79 Å². The number of hydrogen-bond donors (Lipinski definition) is 2. The lowest BCUT2D eigenvalue weighted by Crippen LogP contribution is -2.47. The summed E-state index contributed by atoms with van der Waals surface area (Å²) < 4.78 is 2.03. The first-order chi connectivity index (χ1) is 15.5. The molecule has 1 amide bonds. The first-order valence-corrected chi connectivity index (χ1v) is 11.9. The van der Waals surface area contributed by atoms with E-state index in [1.807, 2.05) is 21.7 Å². The molecule has 0 fully saturated rings. The molecule has 2 aliphatic heterocycles. The molecule has 0 saturated heterocycles. The molecule has 3 heterocycles. The molecular formula is C24H36IN7O. The van der Waals surface area contributed by atoms with E-state index in [-0.39, 0.29) is 35.9 Å². The fourth-order valence-electron chi connectivity index (χ4n) is 4.29. The SMILES string of the molecule is CCNC(=NCCCC(=O)N1Cc2ccccc2C1)NC1CCc2nc(C(C)C)nn2C1.I. The fraction of sp³-hybridized carbons (Fsp3) is 0.583. The van der Waals surface area contributed by atoms with Crippen molar-refractivity contribution in [3.8, 4) is 0 Å². The predicted octanol–water partition coefficient (Wildman–Crippen LogP) is 3.21. The van der Waals surface area contributed by atoms with E-state index in [0.717, 1.165) is 63.0 Å². The van der Waals surface area contributed by atoms with E-state index in [2.05, 4.69) is 53.6 Å². The van der Waals surface area contributed by atoms with Gasteiger partial charge in [0.05, 0.1) is 6.54 Å². The number of nitrogens with one attached hydrogen (secondary N) is 2. The van der Waals surface area contributed by atoms with Crippen LogP contribution in [-0.4, -0.2) is 50.7 Å². The number of aromatic nitrogens is 3. The Labute approximate surface area is 213 Å². The molecule has 0 aliphatic carbocycles. The summed E-state index contributed by atoms with van der Waals surface area (Å²) in [5, 5.41) is 11.5. The molecule has 1 atom stereocenters. The Bertz CT molecular complexity index is 946. The van der Waals surface area contributed by atoms with Crippen LogP contribution in [0.1, 0.15) is 68.7 Å². The number of hydrogen-bond acceptors (Lipinski definition) is 4. The lowest BCUT2D eigenvalue weighted by molar-refractivity contribution is -0.131. The Morgan fingerprint density at radius 2 is 1.97 bits per heavy atom. The molecule has 33 heavy (non-hydrogen) atoms. The molecular weight excluding hydrogens is 529 g/mol. The van der Waals surface area contributed by atoms with Crippen LogP contribution in [0.25, 0.3) is 0 Å². The van der Waals surface area contributed by atoms with Gasteiger partial charge in [0.15, 0.2) is 11.8 Å². The van der Waals surface area contributed by atoms with Crippen LogP contribution in [0.5, 0.6) is 0 Å². The van der Waals surface area contributed by atoms with Crippen molar-refractivity contribution in [2.75, 3.05) is 13.1 Å². The highest BCUT2D eigenvalue weighted by atomic mass is 127. The van der Waals surface area contributed by atoms with Gasteiger partial charge in [-0.05, 0) is 30.9 Å². The summed E-state index contributed by atoms with van der Waals surface area (Å²) in [5.41, 5.74) is 2.53. The number of carbonyl (C=O) groups is 1. The monoisotopic (exact) mass is 565 g/mol. The number of carbonyl (C=O) groups excluding carboxylic acids is 1. The molecule has 0 bridgehead atoms. The van der Waals surface area contributed by atoms with Crippen molar-refractivity contribution in [3.63, 3.8) is 0 Å². The highest BCUT2D eigenvalue weighted by Gasteiger charge is 2.24. The Hall–Kier alpha value is -2.17. The summed E-state index contributed by atoms with van der Waals surface area (Å²) in [4.78, 5) is 23.9. The van der Waals surface area contributed by atoms with E-state index < -0.39 is 0 Å². The van der Waals surface area contributed by atoms with Gasteiger partial charge < -0.3 is 15.5 Å². The van der Waals surface area contributed by atoms with Crippen LogP contribution in [-0.2, 0) is 30.8 Å². The summed E-state index contributed by atoms with van der Waals surface area (Å²) in [6.07, 6.45) is 3.21. The number of nitrogens with zero attached hydrogens (tertiary/aromatic N) is 5. The number of aliphatic imine (C=N–C) groups is 1. The summed E-state index contributed by atoms with van der Waals surface area (Å²) in [6.45, 7) is 10.0. The maximum Gasteiger partial charge on any atom is 0.223 e. The zero-order chi connectivity index (χ0) is 22.5. The van der Waals surface area contributed by atoms with Crippen molar-refractivity contribution >= 4 is 35.8 Å². The maximum absolute atomic E-state index is 12.6. The van der Waals surface area contributed by atoms with Crippen molar-refractivity contribution in [2.45, 2.75) is 78.0 Å². The molecule has 8 nitrogen and oxygen atoms in total. The molecule has 1 unspecified atom stereocenters. The molecule has 0 radical (unpaired) electrons. The van der Waals surface area contributed by atoms with Crippen molar-refractivity contribution < 1.29 is 4.79 Å². The number of aryl methyl sites for hydroxylation is 1. The molecule has 2 aliphatic rings. The lowest BCUT2D eigenvalue weighted by atomic mass is 10.1. The molecule has 4 rings (SSSR count). The molecule has 9 heteroatoms. The minimum Gasteiger partial charge on any atom is -0.357 e. The van der Waals surface area contributed by atoms with Gasteiger partial charge in [0.1, 0.15) is 5.82 Å². The predicted molar refractivity (Wildman–Crippen MR) is 141 cm³/mol. The first-order valence-electron chi connectivity index (χ1n) is 11.9. The van der Waals surface area contributed by atoms with E-state index in [1.54, 1.807) is 0 Å². The van der Waals surface area contributed by atoms with Gasteiger partial charge in [-0.25, -0.2) is 9.67 Å². The average Bonchev–Trinajstić information content (AvgIpc) is 3.40. The largest absolute Gasteiger partial charge is 0.357 e. The van der Waals surface area contributed by atoms with Gasteiger partial charge in [-0.1, -0.05) is 38.1 Å². The van der Waals surface area contributed by atoms with Gasteiger partial charge in [0.2, 0.25) is 5.91 Å². The third kappa shape index (κ3) is 6.45. The summed E-state index contributed by atoms with van der Waals surface area (Å²) in [5.74, 6) is 3.37. The number of benzene rings is 1. The van der Waals surface area contributed by atoms with E-state index in [9.17, 15) is 4.79 Å². The summed E-state index contributed by atoms with van der Waals surface area (Å²) in [6, 6.07) is 8.56. The molecule has 2 N–H and O–H groups in total. The van der Waals surface area contributed by atoms with Crippen LogP contribution < -0.4 is 10.6 Å². The lowest BCUT2D eigenvalue weighted by Gasteiger charge is -2.25. The van der Waals surface area contributed by atoms with Gasteiger partial charge in [0, 0.05) is 51.0 Å². The fourth-order valence-corrected chi connectivity index (χ4v) is 4.29. The molecule has 2 aromatic rings. The number of halogens is 1. The molecule has 1 aromatic carbocycles. The van der Waals surface area contributed by atoms with E-state index in [1.165, 1.54) is 11.1 Å². The normalized spacial score (nSPS) is 17.4. The summed E-state index contributed by atoms with van der Waals surface area (Å²) in [7, 11) is 0. The minimum absolute atomic E-state index is 0. The number of guanidine groups is 1. The van der Waals surface area contributed by atoms with E-state index in [4.69, 9.17) is 4.99 Å². The second-order valence-electron chi connectivity index (χ2n) is 8.99. The maximum atomic E-state index is 12.6. The van der Waals surface area contributed by atoms with Crippen LogP contribution in [0.4, 0.5) is 0 Å². The van der Waals surface area contributed by atoms with Crippen LogP contribution >= 0.6 is 24.0 Å². The van der Waals surface area contributed by atoms with Crippen molar-refractivity contribution in [3.05, 3.63) is 47.0 Å². The van der Waals surface area contributed by atoms with E-state index >= 15 is 0 Å². The number of rotatable bonds is 7. The topological polar surface area (TPSA) is 87.4 Å². The smallest absolute Gasteiger partial charge is 0.223 e. The van der Waals surface area contributed by atoms with Crippen molar-refractivity contribution in [1.29, 1.82) is 0 Å². The highest BCUT2D eigenvalue weighted by Crippen LogP contribution is 2.23. The van der Waals surface area contributed by atoms with Crippen LogP contribution in [0.15, 0.2) is 29.3 Å². The van der Waals surface area contributed by atoms with Gasteiger partial charge >= 0.3 is 0 Å². The first kappa shape index (κ1) is 25.5. The zero-order valence-corrected chi connectivity index (χ0v) is 22.2. The second-order valence-corrected chi connectivity index (χ2v) is 8.99. The van der Waals surface area contributed by atoms with Gasteiger partial charge in [0.25, 0.3) is 0 Å². The number of fused-ring (bicyclic) bond motifs is 2. The summed E-state index contributed by atoms with van der Waals surface area (Å²) >= 11 is 0. The van der Waals surface area contributed by atoms with Crippen molar-refractivity contribution in [2.24, 2.45) is 4.99 Å². The highest BCUT2D eigenvalue weighted by molar-refractivity contribution is 14.0. The third-order valence-electron chi connectivity index (χ3n) is 6.09. The van der Waals surface area contributed by atoms with Crippen LogP contribution in [0.2, 0.25) is 0 Å². The Kier molecular flexibility index (Phi) is 9.10. The quantitative estimate of drug-likeness (QED) is 0.233. The molecule has 0 saturated carbocycles. The standard InChI is InChI=1S/C24H35N7O.HI/c1-4-25-24(27-20-11-12-21-28-23(17(2)3)29-31(21)16-20)26-13-7-10-22(32)30-14-18-8-5-6-9-19(18)15-30;/h5-6,8-9,17,20H,4,7,10-16H2,1-3H3,(H2,25,26,27);1H. The molecule has 180 valence electrons. The van der Waals surface area contributed by atoms with E-state index in [0.29, 0.717) is 18.9 Å². The Morgan fingerprint density at radius 1 is 1.24 bits per heavy atom. The third-order valence-corrected chi connectivity index (χ3v) is 6.09. The van der Waals surface area contributed by atoms with Crippen molar-refractivity contribution in [1.82, 2.24) is 30.3 Å². The molecule has 0 spiro atoms. The average molecular weight is 566 g/mol. The zero-order valence-electron chi connectivity index (χ0n) is 19.9. The molecule has 1 aromatic heterocycles. The number of amides is 1. The van der Waals surface area contributed by atoms with Gasteiger partial charge in [-0.15, -0.1) is 24.0 Å². The Balaban J connectivity index is 0.00000306. The van der Waals surface area contributed by atoms with Crippen LogP contribution in [0, 0.1) is 0 Å². The van der Waals surface area contributed by atoms with Crippen LogP contribution in [0.3, 0.4) is 0 Å². The minimum atomic E-state index is 0. The van der Waals surface area contributed by atoms with Gasteiger partial charge in [-0.2, -0.15) is 5.10 Å². The second kappa shape index (κ2) is 11.8. The Morgan fingerprint density at radius 3 is 2.64 bits per heavy atom.